The molecule has 0 amide bonds. The summed E-state index contributed by atoms with van der Waals surface area (Å²) in [6, 6.07) is 18.3. The largest absolute Gasteiger partial charge is 0.304 e. The average Bonchev–Trinajstić information content (AvgIpc) is 3.27. The van der Waals surface area contributed by atoms with Crippen LogP contribution in [0.15, 0.2) is 54.6 Å². The van der Waals surface area contributed by atoms with Crippen molar-refractivity contribution in [2.45, 2.75) is 11.8 Å². The topological polar surface area (TPSA) is 40.7 Å². The summed E-state index contributed by atoms with van der Waals surface area (Å²) in [4.78, 5) is 0. The lowest BCUT2D eigenvalue weighted by Crippen LogP contribution is -2.22. The van der Waals surface area contributed by atoms with E-state index in [1.165, 1.54) is 11.3 Å². The normalized spacial score (nSPS) is 17.3. The molecule has 0 spiro atoms. The molecule has 3 nitrogen and oxygen atoms in total. The Kier molecular flexibility index (Phi) is 4.60. The number of aromatic amines is 1. The molecule has 1 aromatic heterocycles. The highest BCUT2D eigenvalue weighted by Crippen LogP contribution is 2.33. The monoisotopic (exact) mass is 355 g/mol. The minimum Gasteiger partial charge on any atom is -0.304 e. The van der Waals surface area contributed by atoms with Crippen LogP contribution in [0.2, 0.25) is 5.02 Å². The molecular formula is C19H18ClN3S. The van der Waals surface area contributed by atoms with Crippen molar-refractivity contribution >= 4 is 23.4 Å². The van der Waals surface area contributed by atoms with Gasteiger partial charge in [0, 0.05) is 34.9 Å². The summed E-state index contributed by atoms with van der Waals surface area (Å²) in [5.74, 6) is 1.17. The highest BCUT2D eigenvalue weighted by molar-refractivity contribution is 8.00. The van der Waals surface area contributed by atoms with Gasteiger partial charge in [-0.2, -0.15) is 5.10 Å². The number of nitrogens with one attached hydrogen (secondary N) is 2. The van der Waals surface area contributed by atoms with Gasteiger partial charge in [0.05, 0.1) is 16.8 Å². The molecule has 1 aliphatic heterocycles. The third kappa shape index (κ3) is 3.22. The van der Waals surface area contributed by atoms with Crippen LogP contribution < -0.4 is 5.32 Å². The SMILES string of the molecule is Clc1ccc(-c2[nH]nc(-c3ccccc3)c2CC2NCCS2)cc1. The third-order valence-corrected chi connectivity index (χ3v) is 5.66. The number of halogens is 1. The lowest BCUT2D eigenvalue weighted by atomic mass is 9.99. The molecule has 122 valence electrons. The van der Waals surface area contributed by atoms with Crippen LogP contribution in [0.1, 0.15) is 5.56 Å². The summed E-state index contributed by atoms with van der Waals surface area (Å²) in [6.45, 7) is 1.07. The van der Waals surface area contributed by atoms with Crippen molar-refractivity contribution in [2.24, 2.45) is 0 Å². The first-order chi connectivity index (χ1) is 11.8. The van der Waals surface area contributed by atoms with E-state index >= 15 is 0 Å². The Bertz CT molecular complexity index is 808. The maximum atomic E-state index is 6.04. The molecule has 1 unspecified atom stereocenters. The molecule has 2 aromatic carbocycles. The quantitative estimate of drug-likeness (QED) is 0.718. The Labute approximate surface area is 150 Å². The molecule has 0 radical (unpaired) electrons. The van der Waals surface area contributed by atoms with Crippen molar-refractivity contribution in [3.63, 3.8) is 0 Å². The van der Waals surface area contributed by atoms with Gasteiger partial charge in [0.1, 0.15) is 0 Å². The molecule has 0 aliphatic carbocycles. The van der Waals surface area contributed by atoms with Crippen molar-refractivity contribution in [3.8, 4) is 22.5 Å². The molecule has 0 bridgehead atoms. The standard InChI is InChI=1S/C19H18ClN3S/c20-15-8-6-14(7-9-15)19-16(12-17-21-10-11-24-17)18(22-23-19)13-4-2-1-3-5-13/h1-9,17,21H,10-12H2,(H,22,23). The van der Waals surface area contributed by atoms with E-state index < -0.39 is 0 Å². The molecule has 4 rings (SSSR count). The number of benzene rings is 2. The molecule has 0 saturated carbocycles. The van der Waals surface area contributed by atoms with Gasteiger partial charge in [-0.05, 0) is 17.7 Å². The summed E-state index contributed by atoms with van der Waals surface area (Å²) in [6.07, 6.45) is 0.948. The second-order valence-electron chi connectivity index (χ2n) is 5.82. The lowest BCUT2D eigenvalue weighted by Gasteiger charge is -2.12. The van der Waals surface area contributed by atoms with Gasteiger partial charge in [0.25, 0.3) is 0 Å². The Morgan fingerprint density at radius 1 is 1.04 bits per heavy atom. The maximum absolute atomic E-state index is 6.04. The van der Waals surface area contributed by atoms with E-state index in [4.69, 9.17) is 11.6 Å². The van der Waals surface area contributed by atoms with Gasteiger partial charge < -0.3 is 5.32 Å². The first-order valence-corrected chi connectivity index (χ1v) is 9.47. The van der Waals surface area contributed by atoms with E-state index in [1.807, 2.05) is 42.1 Å². The summed E-state index contributed by atoms with van der Waals surface area (Å²) < 4.78 is 0. The average molecular weight is 356 g/mol. The van der Waals surface area contributed by atoms with Gasteiger partial charge in [0.15, 0.2) is 0 Å². The second-order valence-corrected chi connectivity index (χ2v) is 7.56. The number of aromatic nitrogens is 2. The highest BCUT2D eigenvalue weighted by atomic mass is 35.5. The molecule has 1 aliphatic rings. The van der Waals surface area contributed by atoms with Gasteiger partial charge in [-0.15, -0.1) is 11.8 Å². The fraction of sp³-hybridized carbons (Fsp3) is 0.211. The molecule has 2 N–H and O–H groups in total. The second kappa shape index (κ2) is 7.01. The van der Waals surface area contributed by atoms with Crippen LogP contribution in [-0.4, -0.2) is 27.9 Å². The van der Waals surface area contributed by atoms with E-state index in [0.29, 0.717) is 5.37 Å². The Balaban J connectivity index is 1.78. The van der Waals surface area contributed by atoms with Crippen molar-refractivity contribution in [3.05, 3.63) is 65.2 Å². The van der Waals surface area contributed by atoms with E-state index in [2.05, 4.69) is 39.8 Å². The Morgan fingerprint density at radius 3 is 2.54 bits per heavy atom. The predicted octanol–water partition coefficient (Wildman–Crippen LogP) is 4.60. The molecule has 1 fully saturated rings. The van der Waals surface area contributed by atoms with Gasteiger partial charge >= 0.3 is 0 Å². The van der Waals surface area contributed by atoms with Gasteiger partial charge in [0.2, 0.25) is 0 Å². The molecule has 24 heavy (non-hydrogen) atoms. The van der Waals surface area contributed by atoms with Crippen molar-refractivity contribution < 1.29 is 0 Å². The fourth-order valence-electron chi connectivity index (χ4n) is 3.05. The van der Waals surface area contributed by atoms with Crippen molar-refractivity contribution in [1.29, 1.82) is 0 Å². The van der Waals surface area contributed by atoms with Crippen LogP contribution >= 0.6 is 23.4 Å². The van der Waals surface area contributed by atoms with E-state index in [-0.39, 0.29) is 0 Å². The lowest BCUT2D eigenvalue weighted by molar-refractivity contribution is 0.708. The van der Waals surface area contributed by atoms with Gasteiger partial charge in [-0.25, -0.2) is 0 Å². The zero-order valence-corrected chi connectivity index (χ0v) is 14.7. The number of H-pyrrole nitrogens is 1. The number of nitrogens with zero attached hydrogens (tertiary/aromatic N) is 1. The summed E-state index contributed by atoms with van der Waals surface area (Å²) in [5, 5.41) is 12.6. The zero-order valence-electron chi connectivity index (χ0n) is 13.1. The third-order valence-electron chi connectivity index (χ3n) is 4.23. The van der Waals surface area contributed by atoms with Crippen LogP contribution in [0.4, 0.5) is 0 Å². The predicted molar refractivity (Wildman–Crippen MR) is 102 cm³/mol. The van der Waals surface area contributed by atoms with Crippen LogP contribution in [-0.2, 0) is 6.42 Å². The summed E-state index contributed by atoms with van der Waals surface area (Å²) >= 11 is 8.02. The number of thioether (sulfide) groups is 1. The molecule has 5 heteroatoms. The number of rotatable bonds is 4. The maximum Gasteiger partial charge on any atom is 0.0960 e. The fourth-order valence-corrected chi connectivity index (χ4v) is 4.22. The van der Waals surface area contributed by atoms with E-state index in [0.717, 1.165) is 40.5 Å². The molecule has 3 aromatic rings. The Morgan fingerprint density at radius 2 is 1.83 bits per heavy atom. The zero-order chi connectivity index (χ0) is 16.4. The van der Waals surface area contributed by atoms with Crippen LogP contribution in [0.5, 0.6) is 0 Å². The summed E-state index contributed by atoms with van der Waals surface area (Å²) in [7, 11) is 0. The van der Waals surface area contributed by atoms with Crippen LogP contribution in [0.3, 0.4) is 0 Å². The van der Waals surface area contributed by atoms with Gasteiger partial charge in [-0.1, -0.05) is 54.1 Å². The summed E-state index contributed by atoms with van der Waals surface area (Å²) in [5.41, 5.74) is 5.64. The van der Waals surface area contributed by atoms with Crippen LogP contribution in [0, 0.1) is 0 Å². The van der Waals surface area contributed by atoms with Crippen LogP contribution in [0.25, 0.3) is 22.5 Å². The molecule has 1 saturated heterocycles. The van der Waals surface area contributed by atoms with Gasteiger partial charge in [-0.3, -0.25) is 5.10 Å². The molecule has 2 heterocycles. The molecule has 1 atom stereocenters. The Hall–Kier alpha value is -1.75. The smallest absolute Gasteiger partial charge is 0.0960 e. The number of hydrogen-bond acceptors (Lipinski definition) is 3. The van der Waals surface area contributed by atoms with Crippen molar-refractivity contribution in [1.82, 2.24) is 15.5 Å². The van der Waals surface area contributed by atoms with Crippen molar-refractivity contribution in [2.75, 3.05) is 12.3 Å². The first-order valence-electron chi connectivity index (χ1n) is 8.05. The first kappa shape index (κ1) is 15.8. The minimum atomic E-state index is 0.441. The van der Waals surface area contributed by atoms with E-state index in [1.54, 1.807) is 0 Å². The number of hydrogen-bond donors (Lipinski definition) is 2. The molecular weight excluding hydrogens is 338 g/mol. The highest BCUT2D eigenvalue weighted by Gasteiger charge is 2.22. The van der Waals surface area contributed by atoms with E-state index in [9.17, 15) is 0 Å². The minimum absolute atomic E-state index is 0.441.